The van der Waals surface area contributed by atoms with Gasteiger partial charge in [0.25, 0.3) is 0 Å². The highest BCUT2D eigenvalue weighted by Crippen LogP contribution is 2.29. The zero-order valence-corrected chi connectivity index (χ0v) is 13.9. The number of unbranched alkanes of at least 4 members (excludes halogenated alkanes) is 3. The number of aromatic carboxylic acids is 1. The van der Waals surface area contributed by atoms with Gasteiger partial charge in [0.15, 0.2) is 0 Å². The lowest BCUT2D eigenvalue weighted by molar-refractivity contribution is 0.0697. The number of carbonyl (C=O) groups is 1. The minimum absolute atomic E-state index is 0.321. The molecular weight excluding hydrogens is 284 g/mol. The third-order valence-electron chi connectivity index (χ3n) is 4.03. The van der Waals surface area contributed by atoms with Gasteiger partial charge in [0.05, 0.1) is 5.56 Å². The zero-order chi connectivity index (χ0) is 16.7. The molecule has 0 aliphatic rings. The summed E-state index contributed by atoms with van der Waals surface area (Å²) >= 11 is 0. The van der Waals surface area contributed by atoms with Gasteiger partial charge in [-0.15, -0.1) is 0 Å². The summed E-state index contributed by atoms with van der Waals surface area (Å²) in [6.45, 7) is 4.34. The summed E-state index contributed by atoms with van der Waals surface area (Å²) in [5, 5.41) is 9.19. The van der Waals surface area contributed by atoms with Gasteiger partial charge < -0.3 is 5.11 Å². The minimum atomic E-state index is -0.892. The lowest BCUT2D eigenvalue weighted by Gasteiger charge is -2.11. The highest BCUT2D eigenvalue weighted by Gasteiger charge is 2.09. The molecular formula is C21H24O2. The van der Waals surface area contributed by atoms with Crippen molar-refractivity contribution in [3.05, 3.63) is 65.7 Å². The van der Waals surface area contributed by atoms with Crippen LogP contribution in [0.15, 0.2) is 54.6 Å². The number of hydrogen-bond donors (Lipinski definition) is 1. The molecule has 0 amide bonds. The maximum absolute atomic E-state index is 11.2. The molecule has 0 saturated carbocycles. The fourth-order valence-electron chi connectivity index (χ4n) is 2.72. The number of carboxylic acid groups (broad SMARTS) is 1. The van der Waals surface area contributed by atoms with Crippen molar-refractivity contribution < 1.29 is 9.90 Å². The molecule has 1 N–H and O–H groups in total. The second kappa shape index (κ2) is 8.33. The molecule has 0 aromatic heterocycles. The molecule has 23 heavy (non-hydrogen) atoms. The quantitative estimate of drug-likeness (QED) is 0.633. The number of hydrogen-bond acceptors (Lipinski definition) is 1. The van der Waals surface area contributed by atoms with Crippen molar-refractivity contribution in [3.63, 3.8) is 0 Å². The van der Waals surface area contributed by atoms with E-state index in [1.165, 1.54) is 30.4 Å². The smallest absolute Gasteiger partial charge is 0.335 e. The van der Waals surface area contributed by atoms with Gasteiger partial charge in [-0.2, -0.15) is 0 Å². The molecule has 0 aliphatic heterocycles. The van der Waals surface area contributed by atoms with E-state index in [0.29, 0.717) is 5.56 Å². The van der Waals surface area contributed by atoms with Crippen LogP contribution in [0.3, 0.4) is 0 Å². The van der Waals surface area contributed by atoms with E-state index in [1.54, 1.807) is 18.2 Å². The van der Waals surface area contributed by atoms with Crippen LogP contribution in [0.25, 0.3) is 16.7 Å². The van der Waals surface area contributed by atoms with Crippen molar-refractivity contribution in [3.8, 4) is 11.1 Å². The molecule has 2 aromatic carbocycles. The van der Waals surface area contributed by atoms with Gasteiger partial charge in [0, 0.05) is 0 Å². The molecule has 2 aromatic rings. The van der Waals surface area contributed by atoms with Gasteiger partial charge >= 0.3 is 5.97 Å². The standard InChI is InChI=1S/C21H24O2/c1-3-4-5-6-10-16(2)19-13-7-8-14-20(19)17-11-9-12-18(15-17)21(22)23/h7-15H,3-6H2,1-2H3,(H,22,23). The molecule has 0 spiro atoms. The molecule has 2 nitrogen and oxygen atoms in total. The molecule has 0 unspecified atom stereocenters. The second-order valence-corrected chi connectivity index (χ2v) is 5.81. The molecule has 2 rings (SSSR count). The van der Waals surface area contributed by atoms with Crippen LogP contribution < -0.4 is 0 Å². The van der Waals surface area contributed by atoms with Crippen molar-refractivity contribution in [2.45, 2.75) is 39.5 Å². The Morgan fingerprint density at radius 1 is 1.09 bits per heavy atom. The summed E-state index contributed by atoms with van der Waals surface area (Å²) in [7, 11) is 0. The van der Waals surface area contributed by atoms with Gasteiger partial charge in [-0.25, -0.2) is 4.79 Å². The molecule has 0 aliphatic carbocycles. The molecule has 0 fully saturated rings. The predicted octanol–water partition coefficient (Wildman–Crippen LogP) is 6.04. The Morgan fingerprint density at radius 3 is 2.61 bits per heavy atom. The van der Waals surface area contributed by atoms with E-state index in [9.17, 15) is 9.90 Å². The van der Waals surface area contributed by atoms with Crippen LogP contribution in [-0.4, -0.2) is 11.1 Å². The van der Waals surface area contributed by atoms with E-state index in [2.05, 4.69) is 32.1 Å². The summed E-state index contributed by atoms with van der Waals surface area (Å²) < 4.78 is 0. The van der Waals surface area contributed by atoms with Gasteiger partial charge in [0.1, 0.15) is 0 Å². The highest BCUT2D eigenvalue weighted by atomic mass is 16.4. The molecule has 0 radical (unpaired) electrons. The normalized spacial score (nSPS) is 11.5. The number of allylic oxidation sites excluding steroid dienone is 2. The van der Waals surface area contributed by atoms with E-state index in [0.717, 1.165) is 17.5 Å². The van der Waals surface area contributed by atoms with Crippen LogP contribution in [0.1, 0.15) is 55.5 Å². The van der Waals surface area contributed by atoms with Crippen LogP contribution >= 0.6 is 0 Å². The average Bonchev–Trinajstić information content (AvgIpc) is 2.58. The van der Waals surface area contributed by atoms with Gasteiger partial charge in [0.2, 0.25) is 0 Å². The van der Waals surface area contributed by atoms with E-state index in [1.807, 2.05) is 18.2 Å². The van der Waals surface area contributed by atoms with Crippen LogP contribution in [0.4, 0.5) is 0 Å². The van der Waals surface area contributed by atoms with E-state index in [-0.39, 0.29) is 0 Å². The number of benzene rings is 2. The summed E-state index contributed by atoms with van der Waals surface area (Å²) in [5.41, 5.74) is 4.77. The fourth-order valence-corrected chi connectivity index (χ4v) is 2.72. The first-order valence-corrected chi connectivity index (χ1v) is 8.23. The highest BCUT2D eigenvalue weighted by molar-refractivity contribution is 5.90. The number of carboxylic acids is 1. The third-order valence-corrected chi connectivity index (χ3v) is 4.03. The fraction of sp³-hybridized carbons (Fsp3) is 0.286. The topological polar surface area (TPSA) is 37.3 Å². The van der Waals surface area contributed by atoms with Crippen molar-refractivity contribution >= 4 is 11.5 Å². The maximum Gasteiger partial charge on any atom is 0.335 e. The summed E-state index contributed by atoms with van der Waals surface area (Å²) in [5.74, 6) is -0.892. The van der Waals surface area contributed by atoms with E-state index in [4.69, 9.17) is 0 Å². The Kier molecular flexibility index (Phi) is 6.16. The Morgan fingerprint density at radius 2 is 1.87 bits per heavy atom. The second-order valence-electron chi connectivity index (χ2n) is 5.81. The predicted molar refractivity (Wildman–Crippen MR) is 96.6 cm³/mol. The Labute approximate surface area is 138 Å². The van der Waals surface area contributed by atoms with Crippen LogP contribution in [-0.2, 0) is 0 Å². The summed E-state index contributed by atoms with van der Waals surface area (Å²) in [4.78, 5) is 11.2. The molecule has 0 atom stereocenters. The van der Waals surface area contributed by atoms with Crippen LogP contribution in [0.2, 0.25) is 0 Å². The van der Waals surface area contributed by atoms with Crippen molar-refractivity contribution in [1.82, 2.24) is 0 Å². The molecule has 2 heteroatoms. The zero-order valence-electron chi connectivity index (χ0n) is 13.9. The lowest BCUT2D eigenvalue weighted by atomic mass is 9.93. The lowest BCUT2D eigenvalue weighted by Crippen LogP contribution is -1.96. The Hall–Kier alpha value is -2.35. The van der Waals surface area contributed by atoms with Crippen LogP contribution in [0, 0.1) is 0 Å². The largest absolute Gasteiger partial charge is 0.478 e. The first kappa shape index (κ1) is 17.0. The van der Waals surface area contributed by atoms with Crippen molar-refractivity contribution in [2.75, 3.05) is 0 Å². The Bertz CT molecular complexity index is 698. The van der Waals surface area contributed by atoms with Crippen LogP contribution in [0.5, 0.6) is 0 Å². The molecule has 0 heterocycles. The first-order valence-electron chi connectivity index (χ1n) is 8.23. The van der Waals surface area contributed by atoms with Gasteiger partial charge in [-0.1, -0.05) is 62.2 Å². The van der Waals surface area contributed by atoms with Crippen molar-refractivity contribution in [1.29, 1.82) is 0 Å². The average molecular weight is 308 g/mol. The summed E-state index contributed by atoms with van der Waals surface area (Å²) in [6.07, 6.45) is 7.07. The molecule has 0 saturated heterocycles. The molecule has 120 valence electrons. The number of rotatable bonds is 7. The third kappa shape index (κ3) is 4.56. The van der Waals surface area contributed by atoms with E-state index < -0.39 is 5.97 Å². The minimum Gasteiger partial charge on any atom is -0.478 e. The first-order chi connectivity index (χ1) is 11.1. The summed E-state index contributed by atoms with van der Waals surface area (Å²) in [6, 6.07) is 15.3. The van der Waals surface area contributed by atoms with Crippen molar-refractivity contribution in [2.24, 2.45) is 0 Å². The monoisotopic (exact) mass is 308 g/mol. The van der Waals surface area contributed by atoms with Gasteiger partial charge in [-0.05, 0) is 54.2 Å². The maximum atomic E-state index is 11.2. The SMILES string of the molecule is CCCCCC=C(C)c1ccccc1-c1cccc(C(=O)O)c1. The Balaban J connectivity index is 2.34. The van der Waals surface area contributed by atoms with Gasteiger partial charge in [-0.3, -0.25) is 0 Å². The molecule has 0 bridgehead atoms. The van der Waals surface area contributed by atoms with E-state index >= 15 is 0 Å².